The smallest absolute Gasteiger partial charge is 0.246 e. The molecule has 2 aromatic carbocycles. The zero-order chi connectivity index (χ0) is 23.8. The molecule has 1 aliphatic rings. The molecule has 1 N–H and O–H groups in total. The molecule has 0 radical (unpaired) electrons. The molecule has 1 amide bonds. The highest BCUT2D eigenvalue weighted by atomic mass is 32.2. The molecule has 2 aromatic rings. The second kappa shape index (κ2) is 11.3. The lowest BCUT2D eigenvalue weighted by Gasteiger charge is -2.34. The number of amides is 1. The Morgan fingerprint density at radius 3 is 2.33 bits per heavy atom. The van der Waals surface area contributed by atoms with E-state index < -0.39 is 10.0 Å². The summed E-state index contributed by atoms with van der Waals surface area (Å²) in [5, 5.41) is 0. The van der Waals surface area contributed by atoms with Crippen molar-refractivity contribution >= 4 is 22.0 Å². The molecule has 0 saturated carbocycles. The minimum absolute atomic E-state index is 0.0348. The normalized spacial score (nSPS) is 15.1. The lowest BCUT2D eigenvalue weighted by atomic mass is 10.1. The number of carbonyl (C=O) groups is 1. The Hall–Kier alpha value is -2.88. The van der Waals surface area contributed by atoms with E-state index in [1.54, 1.807) is 25.3 Å². The first-order chi connectivity index (χ1) is 15.9. The van der Waals surface area contributed by atoms with Crippen molar-refractivity contribution < 1.29 is 22.7 Å². The lowest BCUT2D eigenvalue weighted by molar-refractivity contribution is -0.127. The van der Waals surface area contributed by atoms with Crippen LogP contribution >= 0.6 is 0 Å². The Balaban J connectivity index is 1.53. The number of methoxy groups -OCH3 is 2. The molecule has 0 atom stereocenters. The largest absolute Gasteiger partial charge is 0.497 e. The van der Waals surface area contributed by atoms with E-state index in [1.165, 1.54) is 31.9 Å². The topological polar surface area (TPSA) is 88.2 Å². The van der Waals surface area contributed by atoms with Crippen molar-refractivity contribution in [2.75, 3.05) is 54.0 Å². The van der Waals surface area contributed by atoms with Crippen LogP contribution in [0.3, 0.4) is 0 Å². The average molecular weight is 474 g/mol. The van der Waals surface area contributed by atoms with Gasteiger partial charge in [-0.15, -0.1) is 0 Å². The number of nitrogens with zero attached hydrogens (tertiary/aromatic N) is 2. The van der Waals surface area contributed by atoms with Gasteiger partial charge in [0.2, 0.25) is 15.9 Å². The van der Waals surface area contributed by atoms with Crippen molar-refractivity contribution in [3.05, 3.63) is 59.7 Å². The first-order valence-corrected chi connectivity index (χ1v) is 12.3. The quantitative estimate of drug-likeness (QED) is 0.561. The fraction of sp³-hybridized carbons (Fsp3) is 0.375. The summed E-state index contributed by atoms with van der Waals surface area (Å²) in [4.78, 5) is 16.8. The predicted octanol–water partition coefficient (Wildman–Crippen LogP) is 2.01. The number of sulfonamides is 1. The van der Waals surface area contributed by atoms with Crippen LogP contribution < -0.4 is 14.2 Å². The van der Waals surface area contributed by atoms with Crippen LogP contribution in [0.15, 0.2) is 53.4 Å². The standard InChI is InChI=1S/C24H31N3O5S/c1-25-33(29,30)23-18-20(6-10-22(23)32-3)7-11-24(28)27-16-14-26(15-17-27)13-12-19-4-8-21(31-2)9-5-19/h4-11,18,25H,12-17H2,1-3H3/b11-7+. The summed E-state index contributed by atoms with van der Waals surface area (Å²) in [6.07, 6.45) is 4.07. The number of piperazine rings is 1. The fourth-order valence-electron chi connectivity index (χ4n) is 3.66. The van der Waals surface area contributed by atoms with Gasteiger partial charge in [0.05, 0.1) is 14.2 Å². The molecule has 0 spiro atoms. The monoisotopic (exact) mass is 473 g/mol. The van der Waals surface area contributed by atoms with Gasteiger partial charge in [-0.05, 0) is 54.9 Å². The van der Waals surface area contributed by atoms with Gasteiger partial charge < -0.3 is 14.4 Å². The number of hydrogen-bond acceptors (Lipinski definition) is 6. The molecule has 1 saturated heterocycles. The molecule has 9 heteroatoms. The number of hydrogen-bond donors (Lipinski definition) is 1. The average Bonchev–Trinajstić information content (AvgIpc) is 2.86. The van der Waals surface area contributed by atoms with Gasteiger partial charge in [0.15, 0.2) is 0 Å². The maximum Gasteiger partial charge on any atom is 0.246 e. The third kappa shape index (κ3) is 6.56. The summed E-state index contributed by atoms with van der Waals surface area (Å²) in [6.45, 7) is 3.91. The molecule has 0 unspecified atom stereocenters. The third-order valence-electron chi connectivity index (χ3n) is 5.72. The molecule has 178 valence electrons. The Bertz CT molecular complexity index is 1080. The van der Waals surface area contributed by atoms with E-state index in [0.717, 1.165) is 31.8 Å². The maximum atomic E-state index is 12.6. The number of benzene rings is 2. The summed E-state index contributed by atoms with van der Waals surface area (Å²) in [5.41, 5.74) is 1.87. The van der Waals surface area contributed by atoms with E-state index in [2.05, 4.69) is 21.8 Å². The van der Waals surface area contributed by atoms with Crippen LogP contribution in [0.4, 0.5) is 0 Å². The van der Waals surface area contributed by atoms with Crippen LogP contribution in [0.25, 0.3) is 6.08 Å². The Labute approximate surface area is 195 Å². The zero-order valence-electron chi connectivity index (χ0n) is 19.3. The Kier molecular flexibility index (Phi) is 8.49. The molecule has 1 aliphatic heterocycles. The van der Waals surface area contributed by atoms with Gasteiger partial charge in [0.1, 0.15) is 16.4 Å². The van der Waals surface area contributed by atoms with Gasteiger partial charge in [-0.25, -0.2) is 13.1 Å². The van der Waals surface area contributed by atoms with Crippen LogP contribution in [0.1, 0.15) is 11.1 Å². The fourth-order valence-corrected chi connectivity index (χ4v) is 4.59. The van der Waals surface area contributed by atoms with Gasteiger partial charge >= 0.3 is 0 Å². The Morgan fingerprint density at radius 2 is 1.73 bits per heavy atom. The molecule has 0 aromatic heterocycles. The third-order valence-corrected chi connectivity index (χ3v) is 7.16. The minimum Gasteiger partial charge on any atom is -0.497 e. The number of ether oxygens (including phenoxy) is 2. The van der Waals surface area contributed by atoms with Crippen molar-refractivity contribution in [1.82, 2.24) is 14.5 Å². The van der Waals surface area contributed by atoms with Crippen molar-refractivity contribution in [3.8, 4) is 11.5 Å². The number of carbonyl (C=O) groups excluding carboxylic acids is 1. The second-order valence-electron chi connectivity index (χ2n) is 7.72. The second-order valence-corrected chi connectivity index (χ2v) is 9.57. The molecule has 33 heavy (non-hydrogen) atoms. The first-order valence-electron chi connectivity index (χ1n) is 10.8. The van der Waals surface area contributed by atoms with Crippen molar-refractivity contribution in [2.45, 2.75) is 11.3 Å². The maximum absolute atomic E-state index is 12.6. The molecule has 1 heterocycles. The summed E-state index contributed by atoms with van der Waals surface area (Å²) in [7, 11) is 0.748. The van der Waals surface area contributed by atoms with E-state index in [0.29, 0.717) is 18.7 Å². The SMILES string of the molecule is CNS(=O)(=O)c1cc(/C=C/C(=O)N2CCN(CCc3ccc(OC)cc3)CC2)ccc1OC. The highest BCUT2D eigenvalue weighted by Gasteiger charge is 2.20. The lowest BCUT2D eigenvalue weighted by Crippen LogP contribution is -2.48. The number of nitrogens with one attached hydrogen (secondary N) is 1. The molecular weight excluding hydrogens is 442 g/mol. The highest BCUT2D eigenvalue weighted by molar-refractivity contribution is 7.89. The van der Waals surface area contributed by atoms with Crippen LogP contribution in [0, 0.1) is 0 Å². The van der Waals surface area contributed by atoms with Crippen LogP contribution in [-0.4, -0.2) is 78.1 Å². The number of rotatable bonds is 9. The van der Waals surface area contributed by atoms with Crippen molar-refractivity contribution in [1.29, 1.82) is 0 Å². The van der Waals surface area contributed by atoms with Crippen LogP contribution in [-0.2, 0) is 21.2 Å². The van der Waals surface area contributed by atoms with Crippen LogP contribution in [0.2, 0.25) is 0 Å². The van der Waals surface area contributed by atoms with E-state index in [-0.39, 0.29) is 16.6 Å². The molecule has 3 rings (SSSR count). The van der Waals surface area contributed by atoms with Crippen LogP contribution in [0.5, 0.6) is 11.5 Å². The van der Waals surface area contributed by atoms with Gasteiger partial charge in [-0.1, -0.05) is 18.2 Å². The van der Waals surface area contributed by atoms with E-state index in [1.807, 2.05) is 17.0 Å². The predicted molar refractivity (Wildman–Crippen MR) is 128 cm³/mol. The molecular formula is C24H31N3O5S. The summed E-state index contributed by atoms with van der Waals surface area (Å²) in [5.74, 6) is 1.02. The van der Waals surface area contributed by atoms with Gasteiger partial charge in [-0.3, -0.25) is 9.69 Å². The molecule has 0 bridgehead atoms. The zero-order valence-corrected chi connectivity index (χ0v) is 20.1. The van der Waals surface area contributed by atoms with Crippen molar-refractivity contribution in [2.24, 2.45) is 0 Å². The summed E-state index contributed by atoms with van der Waals surface area (Å²) < 4.78 is 37.1. The van der Waals surface area contributed by atoms with Gasteiger partial charge in [0, 0.05) is 38.8 Å². The highest BCUT2D eigenvalue weighted by Crippen LogP contribution is 2.25. The van der Waals surface area contributed by atoms with Gasteiger partial charge in [0.25, 0.3) is 0 Å². The molecule has 0 aliphatic carbocycles. The minimum atomic E-state index is -3.67. The summed E-state index contributed by atoms with van der Waals surface area (Å²) >= 11 is 0. The van der Waals surface area contributed by atoms with E-state index in [9.17, 15) is 13.2 Å². The van der Waals surface area contributed by atoms with Gasteiger partial charge in [-0.2, -0.15) is 0 Å². The molecule has 8 nitrogen and oxygen atoms in total. The van der Waals surface area contributed by atoms with E-state index in [4.69, 9.17) is 9.47 Å². The summed E-state index contributed by atoms with van der Waals surface area (Å²) in [6, 6.07) is 12.9. The first kappa shape index (κ1) is 24.8. The molecule has 1 fully saturated rings. The van der Waals surface area contributed by atoms with E-state index >= 15 is 0 Å². The van der Waals surface area contributed by atoms with Crippen molar-refractivity contribution in [3.63, 3.8) is 0 Å². The Morgan fingerprint density at radius 1 is 1.03 bits per heavy atom.